The Morgan fingerprint density at radius 1 is 1.33 bits per heavy atom. The normalized spacial score (nSPS) is 10.8. The number of benzene rings is 1. The van der Waals surface area contributed by atoms with E-state index in [9.17, 15) is 14.5 Å². The van der Waals surface area contributed by atoms with E-state index in [2.05, 4.69) is 4.98 Å². The Hall–Kier alpha value is -2.67. The number of nitrogens with zero attached hydrogens (tertiary/aromatic N) is 3. The quantitative estimate of drug-likeness (QED) is 0.544. The molecule has 0 amide bonds. The predicted molar refractivity (Wildman–Crippen MR) is 73.3 cm³/mol. The van der Waals surface area contributed by atoms with Gasteiger partial charge in [0.15, 0.2) is 0 Å². The molecule has 0 spiro atoms. The highest BCUT2D eigenvalue weighted by Gasteiger charge is 2.25. The van der Waals surface area contributed by atoms with Crippen molar-refractivity contribution in [1.29, 1.82) is 0 Å². The highest BCUT2D eigenvalue weighted by molar-refractivity contribution is 6.32. The second-order valence-electron chi connectivity index (χ2n) is 4.10. The van der Waals surface area contributed by atoms with Gasteiger partial charge in [-0.25, -0.2) is 4.39 Å². The maximum atomic E-state index is 13.0. The first kappa shape index (κ1) is 13.3. The zero-order valence-electron chi connectivity index (χ0n) is 10.4. The number of aromatic nitrogens is 2. The minimum atomic E-state index is -0.604. The van der Waals surface area contributed by atoms with Crippen LogP contribution in [0, 0.1) is 15.9 Å². The van der Waals surface area contributed by atoms with E-state index in [0.717, 1.165) is 12.1 Å². The van der Waals surface area contributed by atoms with E-state index in [0.29, 0.717) is 5.65 Å². The van der Waals surface area contributed by atoms with Gasteiger partial charge in [0, 0.05) is 6.07 Å². The molecule has 0 fully saturated rings. The SMILES string of the molecule is O=[N+]([O-])c1c(Oc2ccc(F)cc2Cl)nc2ccccn12. The van der Waals surface area contributed by atoms with Gasteiger partial charge in [0.05, 0.1) is 11.2 Å². The summed E-state index contributed by atoms with van der Waals surface area (Å²) in [6.45, 7) is 0. The summed E-state index contributed by atoms with van der Waals surface area (Å²) in [6, 6.07) is 8.41. The van der Waals surface area contributed by atoms with Crippen molar-refractivity contribution < 1.29 is 14.1 Å². The van der Waals surface area contributed by atoms with Crippen LogP contribution in [-0.2, 0) is 0 Å². The molecule has 3 aromatic rings. The van der Waals surface area contributed by atoms with E-state index < -0.39 is 10.7 Å². The van der Waals surface area contributed by atoms with Gasteiger partial charge in [-0.2, -0.15) is 9.38 Å². The molecule has 0 saturated heterocycles. The molecule has 0 aliphatic heterocycles. The third-order valence-corrected chi connectivity index (χ3v) is 3.04. The van der Waals surface area contributed by atoms with E-state index in [1.165, 1.54) is 16.7 Å². The van der Waals surface area contributed by atoms with E-state index in [4.69, 9.17) is 16.3 Å². The van der Waals surface area contributed by atoms with Crippen LogP contribution in [0.15, 0.2) is 42.6 Å². The monoisotopic (exact) mass is 307 g/mol. The van der Waals surface area contributed by atoms with Gasteiger partial charge in [-0.15, -0.1) is 0 Å². The summed E-state index contributed by atoms with van der Waals surface area (Å²) in [7, 11) is 0. The summed E-state index contributed by atoms with van der Waals surface area (Å²) in [5, 5.41) is 11.2. The number of hydrogen-bond acceptors (Lipinski definition) is 4. The summed E-state index contributed by atoms with van der Waals surface area (Å²) < 4.78 is 19.6. The van der Waals surface area contributed by atoms with Gasteiger partial charge in [0.1, 0.15) is 11.6 Å². The minimum Gasteiger partial charge on any atom is -0.431 e. The molecule has 0 saturated carbocycles. The van der Waals surface area contributed by atoms with Crippen LogP contribution in [0.5, 0.6) is 11.6 Å². The fourth-order valence-electron chi connectivity index (χ4n) is 1.86. The molecule has 21 heavy (non-hydrogen) atoms. The molecular weight excluding hydrogens is 301 g/mol. The number of pyridine rings is 1. The number of nitro groups is 1. The Labute approximate surface area is 122 Å². The first-order valence-electron chi connectivity index (χ1n) is 5.80. The molecule has 2 heterocycles. The molecular formula is C13H7ClFN3O3. The van der Waals surface area contributed by atoms with Crippen LogP contribution in [0.1, 0.15) is 0 Å². The van der Waals surface area contributed by atoms with Crippen molar-refractivity contribution in [3.63, 3.8) is 0 Å². The van der Waals surface area contributed by atoms with E-state index in [1.54, 1.807) is 18.2 Å². The Morgan fingerprint density at radius 3 is 2.86 bits per heavy atom. The molecule has 106 valence electrons. The lowest BCUT2D eigenvalue weighted by atomic mass is 10.3. The van der Waals surface area contributed by atoms with Crippen molar-refractivity contribution in [3.8, 4) is 11.6 Å². The van der Waals surface area contributed by atoms with Crippen LogP contribution in [0.4, 0.5) is 10.2 Å². The Morgan fingerprint density at radius 2 is 2.14 bits per heavy atom. The second kappa shape index (κ2) is 5.02. The molecule has 1 aromatic carbocycles. The number of hydrogen-bond donors (Lipinski definition) is 0. The molecule has 0 radical (unpaired) electrons. The first-order chi connectivity index (χ1) is 10.1. The van der Waals surface area contributed by atoms with Gasteiger partial charge in [-0.05, 0) is 29.2 Å². The maximum Gasteiger partial charge on any atom is 0.392 e. The molecule has 2 aromatic heterocycles. The lowest BCUT2D eigenvalue weighted by molar-refractivity contribution is -0.391. The van der Waals surface area contributed by atoms with Crippen molar-refractivity contribution >= 4 is 23.1 Å². The minimum absolute atomic E-state index is 0.00125. The van der Waals surface area contributed by atoms with E-state index in [1.807, 2.05) is 0 Å². The van der Waals surface area contributed by atoms with Gasteiger partial charge >= 0.3 is 11.7 Å². The Bertz CT molecular complexity index is 850. The van der Waals surface area contributed by atoms with Crippen LogP contribution < -0.4 is 4.74 Å². The summed E-state index contributed by atoms with van der Waals surface area (Å²) in [5.41, 5.74) is 0.359. The Kier molecular flexibility index (Phi) is 3.19. The van der Waals surface area contributed by atoms with Gasteiger partial charge < -0.3 is 14.9 Å². The zero-order valence-corrected chi connectivity index (χ0v) is 11.1. The fraction of sp³-hybridized carbons (Fsp3) is 0. The molecule has 0 atom stereocenters. The molecule has 8 heteroatoms. The number of rotatable bonds is 3. The van der Waals surface area contributed by atoms with E-state index in [-0.39, 0.29) is 22.5 Å². The molecule has 0 aliphatic carbocycles. The number of halogens is 2. The summed E-state index contributed by atoms with van der Waals surface area (Å²) >= 11 is 5.84. The highest BCUT2D eigenvalue weighted by atomic mass is 35.5. The third-order valence-electron chi connectivity index (χ3n) is 2.75. The average Bonchev–Trinajstić information content (AvgIpc) is 2.80. The molecule has 0 bridgehead atoms. The van der Waals surface area contributed by atoms with Crippen LogP contribution in [0.25, 0.3) is 5.65 Å². The molecule has 0 aliphatic rings. The van der Waals surface area contributed by atoms with Gasteiger partial charge in [-0.1, -0.05) is 17.7 Å². The molecule has 0 N–H and O–H groups in total. The zero-order chi connectivity index (χ0) is 15.0. The van der Waals surface area contributed by atoms with Gasteiger partial charge in [0.25, 0.3) is 0 Å². The van der Waals surface area contributed by atoms with E-state index >= 15 is 0 Å². The van der Waals surface area contributed by atoms with Crippen LogP contribution >= 0.6 is 11.6 Å². The molecule has 6 nitrogen and oxygen atoms in total. The van der Waals surface area contributed by atoms with Crippen LogP contribution in [0.2, 0.25) is 5.02 Å². The average molecular weight is 308 g/mol. The summed E-state index contributed by atoms with van der Waals surface area (Å²) in [5.74, 6) is -0.980. The molecule has 0 unspecified atom stereocenters. The highest BCUT2D eigenvalue weighted by Crippen LogP contribution is 2.35. The van der Waals surface area contributed by atoms with Crippen molar-refractivity contribution in [1.82, 2.24) is 9.38 Å². The van der Waals surface area contributed by atoms with Crippen molar-refractivity contribution in [2.24, 2.45) is 0 Å². The van der Waals surface area contributed by atoms with Crippen molar-refractivity contribution in [2.75, 3.05) is 0 Å². The predicted octanol–water partition coefficient (Wildman–Crippen LogP) is 3.83. The standard InChI is InChI=1S/C13H7ClFN3O3/c14-9-7-8(15)4-5-10(9)21-12-13(18(19)20)17-6-2-1-3-11(17)16-12/h1-7H. The number of imidazole rings is 1. The van der Waals surface area contributed by atoms with Crippen LogP contribution in [-0.4, -0.2) is 14.3 Å². The fourth-order valence-corrected chi connectivity index (χ4v) is 2.06. The smallest absolute Gasteiger partial charge is 0.392 e. The third kappa shape index (κ3) is 2.38. The second-order valence-corrected chi connectivity index (χ2v) is 4.51. The number of fused-ring (bicyclic) bond motifs is 1. The van der Waals surface area contributed by atoms with Crippen molar-refractivity contribution in [2.45, 2.75) is 0 Å². The van der Waals surface area contributed by atoms with Gasteiger partial charge in [-0.3, -0.25) is 0 Å². The molecule has 3 rings (SSSR count). The summed E-state index contributed by atoms with van der Waals surface area (Å²) in [6.07, 6.45) is 1.50. The maximum absolute atomic E-state index is 13.0. The summed E-state index contributed by atoms with van der Waals surface area (Å²) in [4.78, 5) is 14.6. The topological polar surface area (TPSA) is 69.7 Å². The largest absolute Gasteiger partial charge is 0.431 e. The number of ether oxygens (including phenoxy) is 1. The lowest BCUT2D eigenvalue weighted by Gasteiger charge is -2.04. The van der Waals surface area contributed by atoms with Gasteiger partial charge in [0.2, 0.25) is 5.65 Å². The Balaban J connectivity index is 2.12. The van der Waals surface area contributed by atoms with Crippen LogP contribution in [0.3, 0.4) is 0 Å². The first-order valence-corrected chi connectivity index (χ1v) is 6.18. The lowest BCUT2D eigenvalue weighted by Crippen LogP contribution is -1.96. The van der Waals surface area contributed by atoms with Crippen molar-refractivity contribution in [3.05, 3.63) is 63.5 Å².